The third kappa shape index (κ3) is 3.69. The summed E-state index contributed by atoms with van der Waals surface area (Å²) in [6, 6.07) is 20.5. The standard InChI is InChI=1S/C22H24O3/c1-16-21(23-14-17-8-4-2-5-9-17)19-12-13-20(25-19)22(16)24-15-18-10-6-3-7-11-18/h2-13,16,19-22H,14-15H2,1H3/t16?,19-,20+,21-,22+. The lowest BCUT2D eigenvalue weighted by atomic mass is 9.90. The summed E-state index contributed by atoms with van der Waals surface area (Å²) in [4.78, 5) is 0. The molecule has 2 aliphatic heterocycles. The minimum Gasteiger partial charge on any atom is -0.370 e. The van der Waals surface area contributed by atoms with Crippen LogP contribution in [0.5, 0.6) is 0 Å². The van der Waals surface area contributed by atoms with Gasteiger partial charge in [0.25, 0.3) is 0 Å². The zero-order valence-corrected chi connectivity index (χ0v) is 14.5. The van der Waals surface area contributed by atoms with Crippen molar-refractivity contribution in [2.24, 2.45) is 5.92 Å². The highest BCUT2D eigenvalue weighted by molar-refractivity contribution is 5.17. The minimum atomic E-state index is 0.0102. The molecule has 1 fully saturated rings. The van der Waals surface area contributed by atoms with Crippen LogP contribution in [0.25, 0.3) is 0 Å². The van der Waals surface area contributed by atoms with Crippen LogP contribution >= 0.6 is 0 Å². The van der Waals surface area contributed by atoms with E-state index >= 15 is 0 Å². The van der Waals surface area contributed by atoms with Gasteiger partial charge in [-0.05, 0) is 11.1 Å². The maximum Gasteiger partial charge on any atom is 0.103 e. The van der Waals surface area contributed by atoms with Crippen molar-refractivity contribution < 1.29 is 14.2 Å². The third-order valence-corrected chi connectivity index (χ3v) is 5.06. The van der Waals surface area contributed by atoms with Gasteiger partial charge in [-0.25, -0.2) is 0 Å². The summed E-state index contributed by atoms with van der Waals surface area (Å²) < 4.78 is 18.6. The Bertz CT molecular complexity index is 638. The highest BCUT2D eigenvalue weighted by Crippen LogP contribution is 2.36. The van der Waals surface area contributed by atoms with E-state index in [2.05, 4.69) is 43.3 Å². The number of hydrogen-bond donors (Lipinski definition) is 0. The van der Waals surface area contributed by atoms with Gasteiger partial charge in [0.05, 0.1) is 25.4 Å². The van der Waals surface area contributed by atoms with E-state index in [1.54, 1.807) is 0 Å². The van der Waals surface area contributed by atoms with Crippen LogP contribution in [0.4, 0.5) is 0 Å². The zero-order chi connectivity index (χ0) is 17.1. The number of benzene rings is 2. The van der Waals surface area contributed by atoms with Gasteiger partial charge in [-0.1, -0.05) is 79.7 Å². The molecule has 3 heteroatoms. The van der Waals surface area contributed by atoms with Crippen LogP contribution in [0.15, 0.2) is 72.8 Å². The van der Waals surface area contributed by atoms with E-state index in [-0.39, 0.29) is 30.3 Å². The lowest BCUT2D eigenvalue weighted by molar-refractivity contribution is -0.194. The lowest BCUT2D eigenvalue weighted by Crippen LogP contribution is -2.51. The molecule has 1 saturated heterocycles. The molecule has 2 aromatic rings. The second-order valence-electron chi connectivity index (χ2n) is 6.83. The van der Waals surface area contributed by atoms with Gasteiger partial charge in [-0.15, -0.1) is 0 Å². The van der Waals surface area contributed by atoms with E-state index in [4.69, 9.17) is 14.2 Å². The highest BCUT2D eigenvalue weighted by atomic mass is 16.6. The summed E-state index contributed by atoms with van der Waals surface area (Å²) in [5, 5.41) is 0. The second kappa shape index (κ2) is 7.52. The molecule has 1 unspecified atom stereocenters. The predicted octanol–water partition coefficient (Wildman–Crippen LogP) is 4.13. The normalized spacial score (nSPS) is 30.5. The molecular weight excluding hydrogens is 312 g/mol. The van der Waals surface area contributed by atoms with E-state index in [9.17, 15) is 0 Å². The van der Waals surface area contributed by atoms with Crippen molar-refractivity contribution in [3.8, 4) is 0 Å². The fourth-order valence-corrected chi connectivity index (χ4v) is 3.68. The molecule has 25 heavy (non-hydrogen) atoms. The molecule has 2 heterocycles. The van der Waals surface area contributed by atoms with Crippen LogP contribution < -0.4 is 0 Å². The maximum atomic E-state index is 6.24. The molecule has 0 saturated carbocycles. The van der Waals surface area contributed by atoms with Crippen molar-refractivity contribution in [3.63, 3.8) is 0 Å². The smallest absolute Gasteiger partial charge is 0.103 e. The van der Waals surface area contributed by atoms with Crippen molar-refractivity contribution >= 4 is 0 Å². The van der Waals surface area contributed by atoms with Crippen LogP contribution in [0.2, 0.25) is 0 Å². The topological polar surface area (TPSA) is 27.7 Å². The van der Waals surface area contributed by atoms with Crippen molar-refractivity contribution in [2.75, 3.05) is 0 Å². The van der Waals surface area contributed by atoms with Gasteiger partial charge in [-0.2, -0.15) is 0 Å². The molecule has 0 spiro atoms. The van der Waals surface area contributed by atoms with E-state index in [0.717, 1.165) is 0 Å². The number of hydrogen-bond acceptors (Lipinski definition) is 3. The van der Waals surface area contributed by atoms with Crippen LogP contribution in [-0.2, 0) is 27.4 Å². The van der Waals surface area contributed by atoms with E-state index < -0.39 is 0 Å². The Hall–Kier alpha value is -1.94. The number of rotatable bonds is 6. The Labute approximate surface area is 149 Å². The third-order valence-electron chi connectivity index (χ3n) is 5.06. The summed E-state index contributed by atoms with van der Waals surface area (Å²) in [6.45, 7) is 3.40. The van der Waals surface area contributed by atoms with Crippen molar-refractivity contribution in [1.82, 2.24) is 0 Å². The summed E-state index contributed by atoms with van der Waals surface area (Å²) in [7, 11) is 0. The number of ether oxygens (including phenoxy) is 3. The van der Waals surface area contributed by atoms with E-state index in [1.165, 1.54) is 11.1 Å². The Kier molecular flexibility index (Phi) is 4.97. The van der Waals surface area contributed by atoms with E-state index in [1.807, 2.05) is 36.4 Å². The van der Waals surface area contributed by atoms with Crippen LogP contribution in [0.3, 0.4) is 0 Å². The van der Waals surface area contributed by atoms with Gasteiger partial charge in [-0.3, -0.25) is 0 Å². The van der Waals surface area contributed by atoms with Gasteiger partial charge in [0.1, 0.15) is 12.2 Å². The molecule has 2 aromatic carbocycles. The average molecular weight is 336 g/mol. The fourth-order valence-electron chi connectivity index (χ4n) is 3.68. The molecule has 5 atom stereocenters. The first-order valence-electron chi connectivity index (χ1n) is 8.96. The first kappa shape index (κ1) is 16.5. The summed E-state index contributed by atoms with van der Waals surface area (Å²) in [5.74, 6) is 0.270. The monoisotopic (exact) mass is 336 g/mol. The Morgan fingerprint density at radius 2 is 1.16 bits per heavy atom. The zero-order valence-electron chi connectivity index (χ0n) is 14.5. The van der Waals surface area contributed by atoms with Crippen LogP contribution in [0.1, 0.15) is 18.1 Å². The quantitative estimate of drug-likeness (QED) is 0.742. The summed E-state index contributed by atoms with van der Waals surface area (Å²) in [5.41, 5.74) is 2.36. The maximum absolute atomic E-state index is 6.24. The molecule has 2 aliphatic rings. The van der Waals surface area contributed by atoms with Crippen molar-refractivity contribution in [1.29, 1.82) is 0 Å². The lowest BCUT2D eigenvalue weighted by Gasteiger charge is -2.40. The molecule has 2 bridgehead atoms. The molecule has 130 valence electrons. The molecule has 4 rings (SSSR count). The van der Waals surface area contributed by atoms with Crippen LogP contribution in [-0.4, -0.2) is 24.4 Å². The van der Waals surface area contributed by atoms with Gasteiger partial charge in [0.15, 0.2) is 0 Å². The Morgan fingerprint density at radius 1 is 0.720 bits per heavy atom. The Balaban J connectivity index is 1.41. The summed E-state index contributed by atoms with van der Waals surface area (Å²) >= 11 is 0. The van der Waals surface area contributed by atoms with Crippen LogP contribution in [0, 0.1) is 5.92 Å². The molecule has 3 nitrogen and oxygen atoms in total. The first-order valence-corrected chi connectivity index (χ1v) is 8.96. The second-order valence-corrected chi connectivity index (χ2v) is 6.83. The van der Waals surface area contributed by atoms with Gasteiger partial charge in [0, 0.05) is 5.92 Å². The SMILES string of the molecule is CC1[C@@H](OCc2ccccc2)[C@H]2C=C[C@H](O2)[C@H]1OCc1ccccc1. The minimum absolute atomic E-state index is 0.0102. The van der Waals surface area contributed by atoms with E-state index in [0.29, 0.717) is 13.2 Å². The van der Waals surface area contributed by atoms with Gasteiger partial charge < -0.3 is 14.2 Å². The molecular formula is C22H24O3. The molecule has 0 amide bonds. The fraction of sp³-hybridized carbons (Fsp3) is 0.364. The van der Waals surface area contributed by atoms with Gasteiger partial charge in [0.2, 0.25) is 0 Å². The highest BCUT2D eigenvalue weighted by Gasteiger charge is 2.46. The Morgan fingerprint density at radius 3 is 1.60 bits per heavy atom. The molecule has 0 aromatic heterocycles. The predicted molar refractivity (Wildman–Crippen MR) is 97.0 cm³/mol. The van der Waals surface area contributed by atoms with Crippen molar-refractivity contribution in [3.05, 3.63) is 83.9 Å². The largest absolute Gasteiger partial charge is 0.370 e. The molecule has 0 radical (unpaired) electrons. The van der Waals surface area contributed by atoms with Gasteiger partial charge >= 0.3 is 0 Å². The average Bonchev–Trinajstić information content (AvgIpc) is 3.09. The molecule has 0 aliphatic carbocycles. The van der Waals surface area contributed by atoms with Crippen molar-refractivity contribution in [2.45, 2.75) is 44.6 Å². The summed E-state index contributed by atoms with van der Waals surface area (Å²) in [6.07, 6.45) is 4.33. The first-order chi connectivity index (χ1) is 12.3. The molecule has 0 N–H and O–H groups in total. The number of fused-ring (bicyclic) bond motifs is 2.